The van der Waals surface area contributed by atoms with Gasteiger partial charge in [-0.3, -0.25) is 14.4 Å². The van der Waals surface area contributed by atoms with Crippen LogP contribution in [0.5, 0.6) is 0 Å². The van der Waals surface area contributed by atoms with E-state index in [-0.39, 0.29) is 37.2 Å². The number of likely N-dealkylation sites (tertiary alicyclic amines) is 2. The number of halogens is 2. The van der Waals surface area contributed by atoms with Crippen molar-refractivity contribution >= 4 is 17.8 Å². The fourth-order valence-corrected chi connectivity index (χ4v) is 4.27. The van der Waals surface area contributed by atoms with Gasteiger partial charge in [0.15, 0.2) is 11.6 Å². The topological polar surface area (TPSA) is 66.9 Å². The number of amides is 2. The molecule has 3 rings (SSSR count). The Balaban J connectivity index is 1.60. The molecule has 0 bridgehead atoms. The zero-order valence-electron chi connectivity index (χ0n) is 16.6. The molecule has 0 aliphatic carbocycles. The molecule has 2 aliphatic rings. The number of hydrogen-bond acceptors (Lipinski definition) is 4. The standard InChI is InChI=1S/C21H26F2N2O4/c1-29-19(27)5-2-4-18(26)25-11-9-21(14-25)8-3-10-24(20(21)28)13-15-6-7-16(22)17(23)12-15/h6-7,12H,2-5,8-11,13-14H2,1H3/t21-/m1/s1. The van der Waals surface area contributed by atoms with Gasteiger partial charge in [-0.25, -0.2) is 8.78 Å². The quantitative estimate of drug-likeness (QED) is 0.679. The van der Waals surface area contributed by atoms with Gasteiger partial charge in [-0.05, 0) is 43.4 Å². The largest absolute Gasteiger partial charge is 0.469 e. The molecule has 1 atom stereocenters. The van der Waals surface area contributed by atoms with Crippen molar-refractivity contribution < 1.29 is 27.9 Å². The van der Waals surface area contributed by atoms with Crippen LogP contribution in [-0.4, -0.2) is 54.3 Å². The second-order valence-corrected chi connectivity index (χ2v) is 7.85. The zero-order valence-corrected chi connectivity index (χ0v) is 16.6. The molecule has 0 N–H and O–H groups in total. The number of esters is 1. The van der Waals surface area contributed by atoms with Crippen molar-refractivity contribution in [2.75, 3.05) is 26.7 Å². The molecule has 6 nitrogen and oxygen atoms in total. The van der Waals surface area contributed by atoms with Gasteiger partial charge in [0.2, 0.25) is 11.8 Å². The number of carbonyl (C=O) groups is 3. The molecule has 2 saturated heterocycles. The van der Waals surface area contributed by atoms with Crippen LogP contribution in [0.2, 0.25) is 0 Å². The van der Waals surface area contributed by atoms with Crippen molar-refractivity contribution in [1.82, 2.24) is 9.80 Å². The number of piperidine rings is 1. The zero-order chi connectivity index (χ0) is 21.0. The summed E-state index contributed by atoms with van der Waals surface area (Å²) in [6.07, 6.45) is 2.99. The summed E-state index contributed by atoms with van der Waals surface area (Å²) in [7, 11) is 1.31. The van der Waals surface area contributed by atoms with Crippen molar-refractivity contribution in [3.05, 3.63) is 35.4 Å². The Hall–Kier alpha value is -2.51. The van der Waals surface area contributed by atoms with Crippen LogP contribution in [0.15, 0.2) is 18.2 Å². The number of hydrogen-bond donors (Lipinski definition) is 0. The Labute approximate surface area is 168 Å². The summed E-state index contributed by atoms with van der Waals surface area (Å²) >= 11 is 0. The van der Waals surface area contributed by atoms with Gasteiger partial charge in [-0.2, -0.15) is 0 Å². The summed E-state index contributed by atoms with van der Waals surface area (Å²) in [4.78, 5) is 40.2. The second-order valence-electron chi connectivity index (χ2n) is 7.85. The molecule has 1 spiro atoms. The third-order valence-electron chi connectivity index (χ3n) is 5.89. The minimum atomic E-state index is -0.925. The maximum Gasteiger partial charge on any atom is 0.305 e. The highest BCUT2D eigenvalue weighted by molar-refractivity contribution is 5.86. The molecule has 158 valence electrons. The number of rotatable bonds is 6. The first kappa shape index (κ1) is 21.2. The number of nitrogens with zero attached hydrogens (tertiary/aromatic N) is 2. The fraction of sp³-hybridized carbons (Fsp3) is 0.571. The lowest BCUT2D eigenvalue weighted by molar-refractivity contribution is -0.146. The summed E-state index contributed by atoms with van der Waals surface area (Å²) in [6, 6.07) is 3.67. The van der Waals surface area contributed by atoms with Crippen molar-refractivity contribution in [1.29, 1.82) is 0 Å². The Morgan fingerprint density at radius 3 is 2.66 bits per heavy atom. The van der Waals surface area contributed by atoms with E-state index in [0.29, 0.717) is 44.5 Å². The lowest BCUT2D eigenvalue weighted by Gasteiger charge is -2.39. The minimum absolute atomic E-state index is 0.0293. The summed E-state index contributed by atoms with van der Waals surface area (Å²) in [6.45, 7) is 1.68. The smallest absolute Gasteiger partial charge is 0.305 e. The van der Waals surface area contributed by atoms with Crippen LogP contribution in [0.25, 0.3) is 0 Å². The predicted octanol–water partition coefficient (Wildman–Crippen LogP) is 2.65. The van der Waals surface area contributed by atoms with Gasteiger partial charge >= 0.3 is 5.97 Å². The maximum atomic E-state index is 13.5. The molecule has 2 amide bonds. The summed E-state index contributed by atoms with van der Waals surface area (Å²) < 4.78 is 31.2. The lowest BCUT2D eigenvalue weighted by Crippen LogP contribution is -2.50. The van der Waals surface area contributed by atoms with Crippen molar-refractivity contribution in [3.8, 4) is 0 Å². The van der Waals surface area contributed by atoms with Crippen LogP contribution >= 0.6 is 0 Å². The molecule has 1 aromatic rings. The predicted molar refractivity (Wildman–Crippen MR) is 101 cm³/mol. The van der Waals surface area contributed by atoms with E-state index >= 15 is 0 Å². The van der Waals surface area contributed by atoms with Crippen molar-refractivity contribution in [3.63, 3.8) is 0 Å². The van der Waals surface area contributed by atoms with Gasteiger partial charge in [-0.15, -0.1) is 0 Å². The van der Waals surface area contributed by atoms with Crippen LogP contribution < -0.4 is 0 Å². The summed E-state index contributed by atoms with van der Waals surface area (Å²) in [5.74, 6) is -2.26. The first-order valence-electron chi connectivity index (χ1n) is 9.92. The monoisotopic (exact) mass is 408 g/mol. The van der Waals surface area contributed by atoms with E-state index < -0.39 is 17.0 Å². The van der Waals surface area contributed by atoms with Gasteiger partial charge < -0.3 is 14.5 Å². The highest BCUT2D eigenvalue weighted by atomic mass is 19.2. The average Bonchev–Trinajstić information content (AvgIpc) is 3.13. The normalized spacial score (nSPS) is 21.7. The van der Waals surface area contributed by atoms with Crippen LogP contribution in [-0.2, 0) is 25.7 Å². The minimum Gasteiger partial charge on any atom is -0.469 e. The highest BCUT2D eigenvalue weighted by Gasteiger charge is 2.49. The third kappa shape index (κ3) is 4.74. The molecule has 2 aliphatic heterocycles. The van der Waals surface area contributed by atoms with Crippen LogP contribution in [0.1, 0.15) is 44.1 Å². The maximum absolute atomic E-state index is 13.5. The Kier molecular flexibility index (Phi) is 6.49. The van der Waals surface area contributed by atoms with Crippen LogP contribution in [0, 0.1) is 17.0 Å². The third-order valence-corrected chi connectivity index (χ3v) is 5.89. The van der Waals surface area contributed by atoms with Gasteiger partial charge in [0.25, 0.3) is 0 Å². The van der Waals surface area contributed by atoms with E-state index in [9.17, 15) is 23.2 Å². The van der Waals surface area contributed by atoms with Crippen LogP contribution in [0.3, 0.4) is 0 Å². The molecule has 1 aromatic carbocycles. The molecular formula is C21H26F2N2O4. The first-order valence-corrected chi connectivity index (χ1v) is 9.92. The Morgan fingerprint density at radius 1 is 1.14 bits per heavy atom. The van der Waals surface area contributed by atoms with Crippen molar-refractivity contribution in [2.45, 2.75) is 45.1 Å². The van der Waals surface area contributed by atoms with E-state index in [1.807, 2.05) is 0 Å². The molecular weight excluding hydrogens is 382 g/mol. The van der Waals surface area contributed by atoms with Gasteiger partial charge in [-0.1, -0.05) is 6.07 Å². The molecule has 0 aromatic heterocycles. The first-order chi connectivity index (χ1) is 13.8. The van der Waals surface area contributed by atoms with Gasteiger partial charge in [0.05, 0.1) is 12.5 Å². The van der Waals surface area contributed by atoms with E-state index in [1.54, 1.807) is 9.80 Å². The molecule has 2 fully saturated rings. The number of methoxy groups -OCH3 is 1. The average molecular weight is 408 g/mol. The molecule has 2 heterocycles. The summed E-state index contributed by atoms with van der Waals surface area (Å²) in [5.41, 5.74) is -0.0579. The van der Waals surface area contributed by atoms with Crippen molar-refractivity contribution in [2.24, 2.45) is 5.41 Å². The van der Waals surface area contributed by atoms with E-state index in [1.165, 1.54) is 13.2 Å². The number of carbonyl (C=O) groups excluding carboxylic acids is 3. The van der Waals surface area contributed by atoms with Crippen LogP contribution in [0.4, 0.5) is 8.78 Å². The lowest BCUT2D eigenvalue weighted by atomic mass is 9.78. The molecule has 29 heavy (non-hydrogen) atoms. The van der Waals surface area contributed by atoms with E-state index in [4.69, 9.17) is 0 Å². The molecule has 0 unspecified atom stereocenters. The Morgan fingerprint density at radius 2 is 1.93 bits per heavy atom. The van der Waals surface area contributed by atoms with E-state index in [0.717, 1.165) is 18.6 Å². The van der Waals surface area contributed by atoms with Gasteiger partial charge in [0.1, 0.15) is 0 Å². The second kappa shape index (κ2) is 8.88. The Bertz CT molecular complexity index is 801. The molecule has 0 radical (unpaired) electrons. The SMILES string of the molecule is COC(=O)CCCC(=O)N1CC[C@]2(CCCN(Cc3ccc(F)c(F)c3)C2=O)C1. The number of ether oxygens (including phenoxy) is 1. The molecule has 8 heteroatoms. The summed E-state index contributed by atoms with van der Waals surface area (Å²) in [5, 5.41) is 0. The van der Waals surface area contributed by atoms with Gasteiger partial charge in [0, 0.05) is 39.0 Å². The fourth-order valence-electron chi connectivity index (χ4n) is 4.27. The molecule has 0 saturated carbocycles. The number of benzene rings is 1. The van der Waals surface area contributed by atoms with E-state index in [2.05, 4.69) is 4.74 Å². The highest BCUT2D eigenvalue weighted by Crippen LogP contribution is 2.40.